The number of esters is 1. The fourth-order valence-corrected chi connectivity index (χ4v) is 3.49. The van der Waals surface area contributed by atoms with Crippen LogP contribution in [0.5, 0.6) is 0 Å². The molecule has 0 N–H and O–H groups in total. The van der Waals surface area contributed by atoms with Crippen molar-refractivity contribution in [2.75, 3.05) is 18.1 Å². The number of carbonyl (C=O) groups is 1. The number of cyclic esters (lactones) is 1. The van der Waals surface area contributed by atoms with Crippen LogP contribution < -0.4 is 4.90 Å². The molecule has 1 fully saturated rings. The van der Waals surface area contributed by atoms with Gasteiger partial charge in [0.05, 0.1) is 29.6 Å². The number of pyridine rings is 1. The van der Waals surface area contributed by atoms with Crippen LogP contribution in [0.4, 0.5) is 5.82 Å². The standard InChI is InChI=1S/C16H18N4O2.2C2H6/c1-9-7-13-15-12(17-9)4-3-11-8-14(21)22-6-5-20(11)16(15)19-10(2)18-13;2*1-2/h7,11H,3-6,8H2,1-2H3;2*1-2H3. The quantitative estimate of drug-likeness (QED) is 0.668. The van der Waals surface area contributed by atoms with E-state index in [1.54, 1.807) is 0 Å². The second-order valence-electron chi connectivity index (χ2n) is 6.01. The molecule has 0 amide bonds. The van der Waals surface area contributed by atoms with Gasteiger partial charge in [0.2, 0.25) is 0 Å². The van der Waals surface area contributed by atoms with Crippen molar-refractivity contribution in [3.63, 3.8) is 0 Å². The van der Waals surface area contributed by atoms with Crippen molar-refractivity contribution in [2.24, 2.45) is 0 Å². The van der Waals surface area contributed by atoms with Gasteiger partial charge in [0, 0.05) is 11.7 Å². The Labute approximate surface area is 156 Å². The van der Waals surface area contributed by atoms with E-state index in [1.165, 1.54) is 0 Å². The first kappa shape index (κ1) is 20.1. The molecule has 2 aliphatic rings. The summed E-state index contributed by atoms with van der Waals surface area (Å²) in [6.07, 6.45) is 2.14. The van der Waals surface area contributed by atoms with Crippen LogP contribution in [0.2, 0.25) is 0 Å². The maximum Gasteiger partial charge on any atom is 0.307 e. The highest BCUT2D eigenvalue weighted by molar-refractivity contribution is 5.93. The van der Waals surface area contributed by atoms with Gasteiger partial charge in [-0.3, -0.25) is 9.78 Å². The van der Waals surface area contributed by atoms with Crippen LogP contribution in [0, 0.1) is 13.8 Å². The largest absolute Gasteiger partial charge is 0.464 e. The molecule has 1 atom stereocenters. The third-order valence-corrected chi connectivity index (χ3v) is 4.40. The Hall–Kier alpha value is -2.24. The molecule has 6 nitrogen and oxygen atoms in total. The van der Waals surface area contributed by atoms with Crippen LogP contribution in [0.3, 0.4) is 0 Å². The number of aryl methyl sites for hydroxylation is 3. The smallest absolute Gasteiger partial charge is 0.307 e. The molecule has 0 radical (unpaired) electrons. The normalized spacial score (nSPS) is 18.3. The summed E-state index contributed by atoms with van der Waals surface area (Å²) in [6, 6.07) is 2.14. The zero-order chi connectivity index (χ0) is 19.3. The average molecular weight is 358 g/mol. The molecule has 26 heavy (non-hydrogen) atoms. The predicted molar refractivity (Wildman–Crippen MR) is 105 cm³/mol. The Kier molecular flexibility index (Phi) is 6.89. The van der Waals surface area contributed by atoms with Crippen molar-refractivity contribution in [2.45, 2.75) is 66.8 Å². The third kappa shape index (κ3) is 3.94. The van der Waals surface area contributed by atoms with Crippen LogP contribution in [0.1, 0.15) is 57.7 Å². The summed E-state index contributed by atoms with van der Waals surface area (Å²) in [7, 11) is 0. The first-order valence-corrected chi connectivity index (χ1v) is 9.69. The van der Waals surface area contributed by atoms with E-state index in [0.717, 1.165) is 46.8 Å². The molecule has 6 heteroatoms. The maximum atomic E-state index is 11.8. The maximum absolute atomic E-state index is 11.8. The number of ether oxygens (including phenoxy) is 1. The van der Waals surface area contributed by atoms with E-state index in [-0.39, 0.29) is 12.0 Å². The van der Waals surface area contributed by atoms with Crippen LogP contribution in [0.15, 0.2) is 6.07 Å². The van der Waals surface area contributed by atoms with Gasteiger partial charge in [-0.05, 0) is 32.8 Å². The van der Waals surface area contributed by atoms with Crippen molar-refractivity contribution in [3.8, 4) is 0 Å². The monoisotopic (exact) mass is 358 g/mol. The molecule has 1 saturated heterocycles. The third-order valence-electron chi connectivity index (χ3n) is 4.40. The Morgan fingerprint density at radius 1 is 1.12 bits per heavy atom. The van der Waals surface area contributed by atoms with Gasteiger partial charge < -0.3 is 9.64 Å². The van der Waals surface area contributed by atoms with E-state index < -0.39 is 0 Å². The lowest BCUT2D eigenvalue weighted by Gasteiger charge is -2.28. The van der Waals surface area contributed by atoms with Gasteiger partial charge in [-0.15, -0.1) is 0 Å². The fourth-order valence-electron chi connectivity index (χ4n) is 3.49. The van der Waals surface area contributed by atoms with E-state index >= 15 is 0 Å². The number of anilines is 1. The number of rotatable bonds is 0. The second kappa shape index (κ2) is 8.92. The molecule has 0 aromatic carbocycles. The number of fused-ring (bicyclic) bond motifs is 2. The van der Waals surface area contributed by atoms with E-state index in [9.17, 15) is 4.79 Å². The lowest BCUT2D eigenvalue weighted by molar-refractivity contribution is -0.142. The summed E-state index contributed by atoms with van der Waals surface area (Å²) in [4.78, 5) is 28.0. The molecule has 0 aliphatic carbocycles. The number of hydrogen-bond donors (Lipinski definition) is 0. The first-order valence-electron chi connectivity index (χ1n) is 9.69. The Morgan fingerprint density at radius 3 is 2.58 bits per heavy atom. The molecule has 4 rings (SSSR count). The Balaban J connectivity index is 0.000000570. The molecule has 2 aromatic rings. The zero-order valence-electron chi connectivity index (χ0n) is 16.8. The van der Waals surface area contributed by atoms with E-state index in [4.69, 9.17) is 9.72 Å². The highest BCUT2D eigenvalue weighted by Gasteiger charge is 2.32. The van der Waals surface area contributed by atoms with Crippen LogP contribution in [0.25, 0.3) is 10.9 Å². The summed E-state index contributed by atoms with van der Waals surface area (Å²) >= 11 is 0. The topological polar surface area (TPSA) is 68.2 Å². The van der Waals surface area contributed by atoms with Crippen molar-refractivity contribution in [1.29, 1.82) is 0 Å². The van der Waals surface area contributed by atoms with Crippen LogP contribution in [-0.2, 0) is 16.0 Å². The number of nitrogens with zero attached hydrogens (tertiary/aromatic N) is 4. The van der Waals surface area contributed by atoms with Gasteiger partial charge in [0.1, 0.15) is 18.2 Å². The lowest BCUT2D eigenvalue weighted by atomic mass is 10.1. The van der Waals surface area contributed by atoms with E-state index in [1.807, 2.05) is 47.6 Å². The van der Waals surface area contributed by atoms with Crippen LogP contribution in [-0.4, -0.2) is 40.1 Å². The highest BCUT2D eigenvalue weighted by atomic mass is 16.5. The van der Waals surface area contributed by atoms with Gasteiger partial charge in [0.25, 0.3) is 0 Å². The second-order valence-corrected chi connectivity index (χ2v) is 6.01. The van der Waals surface area contributed by atoms with Gasteiger partial charge in [-0.1, -0.05) is 27.7 Å². The summed E-state index contributed by atoms with van der Waals surface area (Å²) < 4.78 is 5.23. The molecular weight excluding hydrogens is 328 g/mol. The summed E-state index contributed by atoms with van der Waals surface area (Å²) in [6.45, 7) is 13.0. The molecule has 142 valence electrons. The van der Waals surface area contributed by atoms with E-state index in [0.29, 0.717) is 19.6 Å². The Bertz CT molecular complexity index is 771. The van der Waals surface area contributed by atoms with Crippen molar-refractivity contribution in [3.05, 3.63) is 23.3 Å². The number of carbonyl (C=O) groups excluding carboxylic acids is 1. The molecule has 0 bridgehead atoms. The van der Waals surface area contributed by atoms with Crippen molar-refractivity contribution < 1.29 is 9.53 Å². The highest BCUT2D eigenvalue weighted by Crippen LogP contribution is 2.34. The minimum absolute atomic E-state index is 0.121. The molecule has 1 unspecified atom stereocenters. The molecule has 2 aliphatic heterocycles. The van der Waals surface area contributed by atoms with Gasteiger partial charge in [0.15, 0.2) is 0 Å². The molecule has 4 heterocycles. The van der Waals surface area contributed by atoms with Crippen molar-refractivity contribution in [1.82, 2.24) is 15.0 Å². The van der Waals surface area contributed by atoms with Crippen molar-refractivity contribution >= 4 is 22.7 Å². The average Bonchev–Trinajstić information content (AvgIpc) is 2.90. The molecule has 0 saturated carbocycles. The minimum atomic E-state index is -0.121. The van der Waals surface area contributed by atoms with Gasteiger partial charge >= 0.3 is 5.97 Å². The first-order chi connectivity index (χ1) is 12.6. The SMILES string of the molecule is CC.CC.Cc1cc2nc(C)nc3c2c(n1)CCC1CC(=O)OCCN31. The lowest BCUT2D eigenvalue weighted by Crippen LogP contribution is -2.36. The summed E-state index contributed by atoms with van der Waals surface area (Å²) in [5, 5.41) is 1.04. The zero-order valence-corrected chi connectivity index (χ0v) is 16.8. The fraction of sp³-hybridized carbons (Fsp3) is 0.600. The summed E-state index contributed by atoms with van der Waals surface area (Å²) in [5.41, 5.74) is 2.97. The predicted octanol–water partition coefficient (Wildman–Crippen LogP) is 3.76. The van der Waals surface area contributed by atoms with Crippen LogP contribution >= 0.6 is 0 Å². The molecule has 0 spiro atoms. The Morgan fingerprint density at radius 2 is 1.85 bits per heavy atom. The summed E-state index contributed by atoms with van der Waals surface area (Å²) in [5.74, 6) is 1.53. The number of aromatic nitrogens is 3. The number of hydrogen-bond acceptors (Lipinski definition) is 6. The molecular formula is C20H30N4O2. The van der Waals surface area contributed by atoms with Gasteiger partial charge in [-0.25, -0.2) is 9.97 Å². The van der Waals surface area contributed by atoms with E-state index in [2.05, 4.69) is 14.9 Å². The molecule has 2 aromatic heterocycles. The minimum Gasteiger partial charge on any atom is -0.464 e. The van der Waals surface area contributed by atoms with Gasteiger partial charge in [-0.2, -0.15) is 0 Å².